The van der Waals surface area contributed by atoms with Crippen molar-refractivity contribution >= 4 is 41.1 Å². The predicted octanol–water partition coefficient (Wildman–Crippen LogP) is 6.14. The molecule has 0 saturated heterocycles. The molecule has 1 aromatic carbocycles. The minimum atomic E-state index is 0.570. The van der Waals surface area contributed by atoms with Crippen molar-refractivity contribution in [3.05, 3.63) is 53.0 Å². The fraction of sp³-hybridized carbons (Fsp3) is 0.238. The van der Waals surface area contributed by atoms with Crippen molar-refractivity contribution in [2.75, 3.05) is 10.8 Å². The van der Waals surface area contributed by atoms with Crippen LogP contribution in [0, 0.1) is 11.3 Å². The van der Waals surface area contributed by atoms with Gasteiger partial charge in [-0.25, -0.2) is 9.97 Å². The number of carbonyl (C=O) groups is 1. The maximum absolute atomic E-state index is 11.0. The van der Waals surface area contributed by atoms with Gasteiger partial charge >= 0.3 is 0 Å². The molecule has 0 aliphatic rings. The predicted molar refractivity (Wildman–Crippen MR) is 119 cm³/mol. The summed E-state index contributed by atoms with van der Waals surface area (Å²) < 4.78 is 0. The Hall–Kier alpha value is -2.14. The lowest BCUT2D eigenvalue weighted by Gasteiger charge is -2.11. The largest absolute Gasteiger partial charge is 0.298 e. The number of thioether (sulfide) groups is 2. The van der Waals surface area contributed by atoms with Crippen LogP contribution >= 0.6 is 34.9 Å². The van der Waals surface area contributed by atoms with Crippen LogP contribution in [0.15, 0.2) is 46.9 Å². The van der Waals surface area contributed by atoms with Crippen LogP contribution in [0.25, 0.3) is 21.8 Å². The van der Waals surface area contributed by atoms with Gasteiger partial charge < -0.3 is 0 Å². The highest BCUT2D eigenvalue weighted by Gasteiger charge is 2.17. The summed E-state index contributed by atoms with van der Waals surface area (Å²) >= 11 is 4.99. The van der Waals surface area contributed by atoms with E-state index in [-0.39, 0.29) is 0 Å². The van der Waals surface area contributed by atoms with Crippen LogP contribution in [-0.4, -0.2) is 27.1 Å². The summed E-state index contributed by atoms with van der Waals surface area (Å²) in [6.07, 6.45) is 4.94. The molecular weight excluding hydrogens is 406 g/mol. The minimum absolute atomic E-state index is 0.570. The summed E-state index contributed by atoms with van der Waals surface area (Å²) in [6, 6.07) is 11.5. The molecule has 0 amide bonds. The number of aromatic nitrogens is 2. The molecule has 0 aliphatic heterocycles. The number of hydrogen-bond donors (Lipinski definition) is 0. The van der Waals surface area contributed by atoms with E-state index in [9.17, 15) is 10.1 Å². The molecule has 142 valence electrons. The van der Waals surface area contributed by atoms with E-state index in [0.717, 1.165) is 44.0 Å². The molecule has 2 aromatic heterocycles. The number of unbranched alkanes of at least 4 members (excludes halogenated alkanes) is 1. The van der Waals surface area contributed by atoms with Gasteiger partial charge in [0, 0.05) is 27.8 Å². The van der Waals surface area contributed by atoms with Crippen molar-refractivity contribution in [1.29, 1.82) is 5.26 Å². The normalized spacial score (nSPS) is 10.6. The third-order valence-electron chi connectivity index (χ3n) is 4.03. The Balaban J connectivity index is 2.00. The number of hydrogen-bond acceptors (Lipinski definition) is 7. The van der Waals surface area contributed by atoms with Crippen LogP contribution in [0.1, 0.15) is 35.7 Å². The van der Waals surface area contributed by atoms with Crippen molar-refractivity contribution in [2.24, 2.45) is 0 Å². The summed E-state index contributed by atoms with van der Waals surface area (Å²) in [5, 5.41) is 14.2. The van der Waals surface area contributed by atoms with E-state index in [1.807, 2.05) is 35.3 Å². The number of carbonyl (C=O) groups excluding carboxylic acids is 1. The topological polar surface area (TPSA) is 66.6 Å². The molecule has 0 bridgehead atoms. The minimum Gasteiger partial charge on any atom is -0.298 e. The highest BCUT2D eigenvalue weighted by molar-refractivity contribution is 8.15. The van der Waals surface area contributed by atoms with Gasteiger partial charge in [-0.2, -0.15) is 17.0 Å². The van der Waals surface area contributed by atoms with Gasteiger partial charge in [0.1, 0.15) is 28.1 Å². The standard InChI is InChI=1S/C21H19N3OS3/c1-2-3-9-26-14-28-20-18(12-22)17(16-6-4-15(13-25)5-7-16)11-19(24-20)21-23-8-10-27-21/h4-8,10-11,13H,2-3,9,14H2,1H3. The number of nitrogens with zero attached hydrogens (tertiary/aromatic N) is 3. The average Bonchev–Trinajstić information content (AvgIpc) is 3.28. The molecule has 0 fully saturated rings. The monoisotopic (exact) mass is 425 g/mol. The molecule has 0 N–H and O–H groups in total. The van der Waals surface area contributed by atoms with Crippen LogP contribution in [0.3, 0.4) is 0 Å². The Morgan fingerprint density at radius 2 is 2.11 bits per heavy atom. The molecule has 4 nitrogen and oxygen atoms in total. The van der Waals surface area contributed by atoms with Crippen LogP contribution in [0.4, 0.5) is 0 Å². The second-order valence-electron chi connectivity index (χ2n) is 5.95. The number of rotatable bonds is 9. The molecule has 0 unspecified atom stereocenters. The third kappa shape index (κ3) is 5.02. The zero-order chi connectivity index (χ0) is 19.8. The van der Waals surface area contributed by atoms with E-state index in [2.05, 4.69) is 18.0 Å². The smallest absolute Gasteiger partial charge is 0.150 e. The number of thiazole rings is 1. The molecule has 0 saturated carbocycles. The molecule has 0 aliphatic carbocycles. The Morgan fingerprint density at radius 3 is 2.75 bits per heavy atom. The third-order valence-corrected chi connectivity index (χ3v) is 7.11. The molecule has 0 spiro atoms. The van der Waals surface area contributed by atoms with Crippen LogP contribution < -0.4 is 0 Å². The Labute approximate surface area is 177 Å². The van der Waals surface area contributed by atoms with Gasteiger partial charge in [-0.3, -0.25) is 4.79 Å². The lowest BCUT2D eigenvalue weighted by atomic mass is 10.00. The van der Waals surface area contributed by atoms with Gasteiger partial charge in [-0.15, -0.1) is 11.3 Å². The SMILES string of the molecule is CCCCSCSc1nc(-c2nccs2)cc(-c2ccc(C=O)cc2)c1C#N. The lowest BCUT2D eigenvalue weighted by molar-refractivity contribution is 0.112. The first-order valence-corrected chi connectivity index (χ1v) is 11.9. The van der Waals surface area contributed by atoms with Crippen molar-refractivity contribution in [1.82, 2.24) is 9.97 Å². The van der Waals surface area contributed by atoms with Gasteiger partial charge in [0.25, 0.3) is 0 Å². The van der Waals surface area contributed by atoms with E-state index in [0.29, 0.717) is 11.1 Å². The zero-order valence-electron chi connectivity index (χ0n) is 15.4. The Morgan fingerprint density at radius 1 is 1.29 bits per heavy atom. The van der Waals surface area contributed by atoms with Crippen molar-refractivity contribution in [3.63, 3.8) is 0 Å². The van der Waals surface area contributed by atoms with E-state index < -0.39 is 0 Å². The van der Waals surface area contributed by atoms with Gasteiger partial charge in [0.2, 0.25) is 0 Å². The average molecular weight is 426 g/mol. The van der Waals surface area contributed by atoms with Gasteiger partial charge in [-0.1, -0.05) is 49.4 Å². The summed E-state index contributed by atoms with van der Waals surface area (Å²) in [7, 11) is 0. The number of benzene rings is 1. The lowest BCUT2D eigenvalue weighted by Crippen LogP contribution is -1.96. The highest BCUT2D eigenvalue weighted by atomic mass is 32.2. The molecule has 0 radical (unpaired) electrons. The second-order valence-corrected chi connectivity index (χ2v) is 9.28. The van der Waals surface area contributed by atoms with Crippen LogP contribution in [0.2, 0.25) is 0 Å². The first-order chi connectivity index (χ1) is 13.8. The van der Waals surface area contributed by atoms with E-state index in [1.165, 1.54) is 24.2 Å². The molecule has 0 atom stereocenters. The summed E-state index contributed by atoms with van der Waals surface area (Å²) in [6.45, 7) is 2.18. The molecule has 2 heterocycles. The Bertz CT molecular complexity index is 964. The fourth-order valence-electron chi connectivity index (χ4n) is 2.57. The van der Waals surface area contributed by atoms with Gasteiger partial charge in [-0.05, 0) is 23.8 Å². The first-order valence-electron chi connectivity index (χ1n) is 8.88. The molecule has 3 rings (SSSR count). The van der Waals surface area contributed by atoms with Crippen molar-refractivity contribution < 1.29 is 4.79 Å². The molecule has 7 heteroatoms. The van der Waals surface area contributed by atoms with E-state index in [4.69, 9.17) is 4.98 Å². The second kappa shape index (κ2) is 10.4. The van der Waals surface area contributed by atoms with Crippen molar-refractivity contribution in [3.8, 4) is 27.9 Å². The van der Waals surface area contributed by atoms with Crippen molar-refractivity contribution in [2.45, 2.75) is 24.8 Å². The summed E-state index contributed by atoms with van der Waals surface area (Å²) in [5.74, 6) is 1.11. The fourth-order valence-corrected chi connectivity index (χ4v) is 5.37. The van der Waals surface area contributed by atoms with Gasteiger partial charge in [0.15, 0.2) is 0 Å². The molecule has 28 heavy (non-hydrogen) atoms. The summed E-state index contributed by atoms with van der Waals surface area (Å²) in [5.41, 5.74) is 3.66. The van der Waals surface area contributed by atoms with E-state index >= 15 is 0 Å². The number of aldehydes is 1. The maximum atomic E-state index is 11.0. The maximum Gasteiger partial charge on any atom is 0.150 e. The van der Waals surface area contributed by atoms with E-state index in [1.54, 1.807) is 30.1 Å². The quantitative estimate of drug-likeness (QED) is 0.178. The number of nitriles is 1. The zero-order valence-corrected chi connectivity index (χ0v) is 17.9. The number of pyridine rings is 1. The van der Waals surface area contributed by atoms with Crippen LogP contribution in [0.5, 0.6) is 0 Å². The first kappa shape index (κ1) is 20.6. The summed E-state index contributed by atoms with van der Waals surface area (Å²) in [4.78, 5) is 20.1. The van der Waals surface area contributed by atoms with Gasteiger partial charge in [0.05, 0.1) is 5.56 Å². The molecular formula is C21H19N3OS3. The van der Waals surface area contributed by atoms with Crippen LogP contribution in [-0.2, 0) is 0 Å². The highest BCUT2D eigenvalue weighted by Crippen LogP contribution is 2.35. The molecule has 3 aromatic rings. The Kier molecular flexibility index (Phi) is 7.66.